The molecule has 0 amide bonds. The maximum atomic E-state index is 13.4. The number of anilines is 2. The molecular weight excluding hydrogens is 283 g/mol. The summed E-state index contributed by atoms with van der Waals surface area (Å²) in [5.41, 5.74) is 4.84. The predicted molar refractivity (Wildman–Crippen MR) is 61.2 cm³/mol. The number of aryl methyl sites for hydroxylation is 1. The summed E-state index contributed by atoms with van der Waals surface area (Å²) in [6, 6.07) is 0. The molecule has 2 aromatic rings. The Labute approximate surface area is 110 Å². The van der Waals surface area contributed by atoms with Gasteiger partial charge < -0.3 is 11.1 Å². The highest BCUT2D eigenvalue weighted by atomic mass is 19.2. The number of nitrogens with one attached hydrogen (secondary N) is 1. The Kier molecular flexibility index (Phi) is 3.51. The maximum absolute atomic E-state index is 13.4. The minimum atomic E-state index is -2.20. The average Bonchev–Trinajstić information content (AvgIpc) is 2.75. The summed E-state index contributed by atoms with van der Waals surface area (Å²) in [6.45, 7) is -0.238. The van der Waals surface area contributed by atoms with Crippen LogP contribution in [0.4, 0.5) is 33.5 Å². The van der Waals surface area contributed by atoms with Crippen molar-refractivity contribution in [2.24, 2.45) is 7.05 Å². The first-order chi connectivity index (χ1) is 9.34. The maximum Gasteiger partial charge on any atom is 0.200 e. The summed E-state index contributed by atoms with van der Waals surface area (Å²) < 4.78 is 66.8. The lowest BCUT2D eigenvalue weighted by molar-refractivity contribution is 0.381. The number of nitrogen functional groups attached to an aromatic ring is 1. The monoisotopic (exact) mass is 292 g/mol. The molecule has 0 unspecified atom stereocenters. The van der Waals surface area contributed by atoms with E-state index in [-0.39, 0.29) is 12.4 Å². The van der Waals surface area contributed by atoms with Gasteiger partial charge in [-0.2, -0.15) is 5.10 Å². The van der Waals surface area contributed by atoms with E-state index < -0.39 is 34.8 Å². The van der Waals surface area contributed by atoms with Crippen LogP contribution >= 0.6 is 0 Å². The zero-order valence-corrected chi connectivity index (χ0v) is 10.1. The third-order valence-corrected chi connectivity index (χ3v) is 2.73. The van der Waals surface area contributed by atoms with Crippen LogP contribution in [-0.4, -0.2) is 9.78 Å². The van der Waals surface area contributed by atoms with Gasteiger partial charge in [0.05, 0.1) is 6.20 Å². The van der Waals surface area contributed by atoms with Crippen molar-refractivity contribution in [3.05, 3.63) is 40.8 Å². The lowest BCUT2D eigenvalue weighted by atomic mass is 10.2. The van der Waals surface area contributed by atoms with Gasteiger partial charge in [0.25, 0.3) is 0 Å². The smallest absolute Gasteiger partial charge is 0.200 e. The lowest BCUT2D eigenvalue weighted by Gasteiger charge is -2.10. The van der Waals surface area contributed by atoms with Crippen LogP contribution in [0.2, 0.25) is 0 Å². The van der Waals surface area contributed by atoms with Gasteiger partial charge in [0.1, 0.15) is 11.5 Å². The minimum absolute atomic E-state index is 0.210. The number of nitrogens with two attached hydrogens (primary N) is 1. The first-order valence-electron chi connectivity index (χ1n) is 5.36. The summed E-state index contributed by atoms with van der Waals surface area (Å²) >= 11 is 0. The number of benzene rings is 1. The van der Waals surface area contributed by atoms with Crippen LogP contribution in [0.5, 0.6) is 0 Å². The third kappa shape index (κ3) is 2.15. The van der Waals surface area contributed by atoms with Crippen molar-refractivity contribution in [3.8, 4) is 0 Å². The molecule has 0 aliphatic heterocycles. The molecule has 0 spiro atoms. The van der Waals surface area contributed by atoms with Crippen molar-refractivity contribution in [1.29, 1.82) is 0 Å². The van der Waals surface area contributed by atoms with Gasteiger partial charge in [0.2, 0.25) is 5.82 Å². The molecule has 20 heavy (non-hydrogen) atoms. The summed E-state index contributed by atoms with van der Waals surface area (Å²) in [7, 11) is 1.54. The topological polar surface area (TPSA) is 55.9 Å². The summed E-state index contributed by atoms with van der Waals surface area (Å²) in [5.74, 6) is -9.86. The first kappa shape index (κ1) is 14.1. The fraction of sp³-hybridized carbons (Fsp3) is 0.182. The van der Waals surface area contributed by atoms with Gasteiger partial charge in [0.15, 0.2) is 23.3 Å². The minimum Gasteiger partial charge on any atom is -0.384 e. The number of nitrogens with zero attached hydrogens (tertiary/aromatic N) is 2. The zero-order chi connectivity index (χ0) is 15.0. The number of aromatic nitrogens is 2. The molecule has 0 saturated heterocycles. The molecular formula is C11H9F5N4. The molecule has 0 fully saturated rings. The number of hydrogen-bond donors (Lipinski definition) is 2. The largest absolute Gasteiger partial charge is 0.384 e. The van der Waals surface area contributed by atoms with Crippen molar-refractivity contribution in [2.75, 3.05) is 11.1 Å². The fourth-order valence-corrected chi connectivity index (χ4v) is 1.57. The van der Waals surface area contributed by atoms with Gasteiger partial charge >= 0.3 is 0 Å². The Bertz CT molecular complexity index is 638. The molecule has 2 rings (SSSR count). The SMILES string of the molecule is Cn1ncc(CNc2c(F)c(F)c(F)c(F)c2F)c1N. The van der Waals surface area contributed by atoms with E-state index in [1.54, 1.807) is 0 Å². The van der Waals surface area contributed by atoms with Gasteiger partial charge in [-0.05, 0) is 0 Å². The van der Waals surface area contributed by atoms with Crippen molar-refractivity contribution < 1.29 is 22.0 Å². The van der Waals surface area contributed by atoms with Crippen LogP contribution < -0.4 is 11.1 Å². The molecule has 1 aromatic carbocycles. The van der Waals surface area contributed by atoms with E-state index in [9.17, 15) is 22.0 Å². The van der Waals surface area contributed by atoms with Gasteiger partial charge in [-0.25, -0.2) is 22.0 Å². The number of hydrogen-bond acceptors (Lipinski definition) is 3. The predicted octanol–water partition coefficient (Wildman–Crippen LogP) is 2.31. The highest BCUT2D eigenvalue weighted by molar-refractivity contribution is 5.50. The molecule has 0 aliphatic rings. The van der Waals surface area contributed by atoms with Crippen molar-refractivity contribution in [2.45, 2.75) is 6.54 Å². The van der Waals surface area contributed by atoms with E-state index in [1.807, 2.05) is 0 Å². The van der Waals surface area contributed by atoms with Gasteiger partial charge in [-0.1, -0.05) is 0 Å². The van der Waals surface area contributed by atoms with Crippen LogP contribution in [0.3, 0.4) is 0 Å². The van der Waals surface area contributed by atoms with Crippen LogP contribution in [0, 0.1) is 29.1 Å². The summed E-state index contributed by atoms with van der Waals surface area (Å²) in [6.07, 6.45) is 1.31. The highest BCUT2D eigenvalue weighted by Crippen LogP contribution is 2.27. The second-order valence-electron chi connectivity index (χ2n) is 3.98. The first-order valence-corrected chi connectivity index (χ1v) is 5.36. The van der Waals surface area contributed by atoms with Crippen molar-refractivity contribution in [1.82, 2.24) is 9.78 Å². The molecule has 0 saturated carbocycles. The van der Waals surface area contributed by atoms with Gasteiger partial charge in [0, 0.05) is 19.2 Å². The van der Waals surface area contributed by atoms with E-state index in [4.69, 9.17) is 5.73 Å². The Hall–Kier alpha value is -2.32. The molecule has 0 bridgehead atoms. The molecule has 4 nitrogen and oxygen atoms in total. The Morgan fingerprint density at radius 3 is 2.00 bits per heavy atom. The molecule has 108 valence electrons. The number of halogens is 5. The third-order valence-electron chi connectivity index (χ3n) is 2.73. The summed E-state index contributed by atoms with van der Waals surface area (Å²) in [4.78, 5) is 0. The Morgan fingerprint density at radius 2 is 1.55 bits per heavy atom. The van der Waals surface area contributed by atoms with Crippen LogP contribution in [0.15, 0.2) is 6.20 Å². The highest BCUT2D eigenvalue weighted by Gasteiger charge is 2.25. The van der Waals surface area contributed by atoms with Crippen LogP contribution in [0.25, 0.3) is 0 Å². The fourth-order valence-electron chi connectivity index (χ4n) is 1.57. The van der Waals surface area contributed by atoms with Gasteiger partial charge in [-0.3, -0.25) is 4.68 Å². The lowest BCUT2D eigenvalue weighted by Crippen LogP contribution is -2.10. The van der Waals surface area contributed by atoms with E-state index in [1.165, 1.54) is 17.9 Å². The van der Waals surface area contributed by atoms with E-state index in [0.717, 1.165) is 0 Å². The quantitative estimate of drug-likeness (QED) is 0.518. The Morgan fingerprint density at radius 1 is 1.05 bits per heavy atom. The molecule has 0 atom stereocenters. The second-order valence-corrected chi connectivity index (χ2v) is 3.98. The number of rotatable bonds is 3. The molecule has 3 N–H and O–H groups in total. The summed E-state index contributed by atoms with van der Waals surface area (Å²) in [5, 5.41) is 5.91. The van der Waals surface area contributed by atoms with Crippen molar-refractivity contribution >= 4 is 11.5 Å². The second kappa shape index (κ2) is 4.99. The molecule has 0 radical (unpaired) electrons. The van der Waals surface area contributed by atoms with E-state index in [0.29, 0.717) is 5.56 Å². The molecule has 9 heteroatoms. The van der Waals surface area contributed by atoms with Gasteiger partial charge in [-0.15, -0.1) is 0 Å². The zero-order valence-electron chi connectivity index (χ0n) is 10.1. The standard InChI is InChI=1S/C11H9F5N4/c1-20-11(17)4(3-19-20)2-18-10-8(15)6(13)5(12)7(14)9(10)16/h3,18H,2,17H2,1H3. The van der Waals surface area contributed by atoms with E-state index >= 15 is 0 Å². The average molecular weight is 292 g/mol. The molecule has 1 heterocycles. The van der Waals surface area contributed by atoms with Crippen molar-refractivity contribution in [3.63, 3.8) is 0 Å². The Balaban J connectivity index is 2.33. The molecule has 1 aromatic heterocycles. The normalized spacial score (nSPS) is 10.9. The van der Waals surface area contributed by atoms with Crippen LogP contribution in [-0.2, 0) is 13.6 Å². The van der Waals surface area contributed by atoms with Crippen LogP contribution in [0.1, 0.15) is 5.56 Å². The van der Waals surface area contributed by atoms with E-state index in [2.05, 4.69) is 10.4 Å². The molecule has 0 aliphatic carbocycles.